The standard InChI is InChI=1S/C9H19N3/c1-4-5-12-7-10-11-9(12)6-8(2)3/h7-9,11H,4-6H2,1-3H3. The van der Waals surface area contributed by atoms with E-state index in [1.54, 1.807) is 0 Å². The number of hydrazone groups is 1. The maximum atomic E-state index is 4.07. The molecule has 1 aliphatic rings. The van der Waals surface area contributed by atoms with Crippen molar-refractivity contribution in [1.82, 2.24) is 10.3 Å². The van der Waals surface area contributed by atoms with Gasteiger partial charge in [0, 0.05) is 6.54 Å². The second-order valence-corrected chi connectivity index (χ2v) is 3.76. The molecule has 0 aromatic rings. The maximum absolute atomic E-state index is 4.07. The molecule has 1 heterocycles. The summed E-state index contributed by atoms with van der Waals surface area (Å²) in [6.07, 6.45) is 4.70. The van der Waals surface area contributed by atoms with E-state index in [1.165, 1.54) is 12.8 Å². The molecule has 0 saturated carbocycles. The predicted molar refractivity (Wildman–Crippen MR) is 51.9 cm³/mol. The summed E-state index contributed by atoms with van der Waals surface area (Å²) in [5.74, 6) is 0.726. The van der Waals surface area contributed by atoms with Crippen LogP contribution >= 0.6 is 0 Å². The van der Waals surface area contributed by atoms with Gasteiger partial charge in [-0.1, -0.05) is 20.8 Å². The van der Waals surface area contributed by atoms with Crippen LogP contribution in [0.25, 0.3) is 0 Å². The van der Waals surface area contributed by atoms with Crippen LogP contribution in [0.3, 0.4) is 0 Å². The lowest BCUT2D eigenvalue weighted by atomic mass is 10.1. The zero-order valence-corrected chi connectivity index (χ0v) is 8.25. The number of hydrogen-bond donors (Lipinski definition) is 1. The van der Waals surface area contributed by atoms with E-state index in [0.29, 0.717) is 6.17 Å². The summed E-state index contributed by atoms with van der Waals surface area (Å²) in [6, 6.07) is 0. The van der Waals surface area contributed by atoms with Crippen molar-refractivity contribution in [2.75, 3.05) is 6.54 Å². The molecule has 12 heavy (non-hydrogen) atoms. The molecule has 3 heteroatoms. The van der Waals surface area contributed by atoms with Crippen molar-refractivity contribution in [1.29, 1.82) is 0 Å². The SMILES string of the molecule is CCCN1C=NNC1CC(C)C. The van der Waals surface area contributed by atoms with Crippen molar-refractivity contribution < 1.29 is 0 Å². The van der Waals surface area contributed by atoms with Crippen LogP contribution in [0.4, 0.5) is 0 Å². The van der Waals surface area contributed by atoms with Gasteiger partial charge in [-0.25, -0.2) is 0 Å². The first-order chi connectivity index (χ1) is 5.74. The van der Waals surface area contributed by atoms with E-state index in [2.05, 4.69) is 36.2 Å². The highest BCUT2D eigenvalue weighted by Gasteiger charge is 2.19. The summed E-state index contributed by atoms with van der Waals surface area (Å²) in [4.78, 5) is 2.28. The molecule has 0 amide bonds. The average Bonchev–Trinajstić information content (AvgIpc) is 2.37. The first-order valence-electron chi connectivity index (χ1n) is 4.78. The molecule has 0 saturated heterocycles. The van der Waals surface area contributed by atoms with Gasteiger partial charge in [0.25, 0.3) is 0 Å². The second-order valence-electron chi connectivity index (χ2n) is 3.76. The van der Waals surface area contributed by atoms with Crippen molar-refractivity contribution in [3.63, 3.8) is 0 Å². The fourth-order valence-corrected chi connectivity index (χ4v) is 1.45. The van der Waals surface area contributed by atoms with Gasteiger partial charge in [-0.15, -0.1) is 0 Å². The van der Waals surface area contributed by atoms with E-state index >= 15 is 0 Å². The number of nitrogens with zero attached hydrogens (tertiary/aromatic N) is 2. The number of nitrogens with one attached hydrogen (secondary N) is 1. The third-order valence-corrected chi connectivity index (χ3v) is 2.01. The smallest absolute Gasteiger partial charge is 0.116 e. The highest BCUT2D eigenvalue weighted by Crippen LogP contribution is 2.11. The Morgan fingerprint density at radius 1 is 1.58 bits per heavy atom. The minimum Gasteiger partial charge on any atom is -0.340 e. The van der Waals surface area contributed by atoms with Gasteiger partial charge in [-0.05, 0) is 18.8 Å². The van der Waals surface area contributed by atoms with Crippen LogP contribution in [0.2, 0.25) is 0 Å². The summed E-state index contributed by atoms with van der Waals surface area (Å²) >= 11 is 0. The predicted octanol–water partition coefficient (Wildman–Crippen LogP) is 1.62. The molecule has 1 aliphatic heterocycles. The Morgan fingerprint density at radius 3 is 2.92 bits per heavy atom. The van der Waals surface area contributed by atoms with E-state index in [9.17, 15) is 0 Å². The van der Waals surface area contributed by atoms with Crippen molar-refractivity contribution in [3.8, 4) is 0 Å². The fraction of sp³-hybridized carbons (Fsp3) is 0.889. The van der Waals surface area contributed by atoms with Gasteiger partial charge in [-0.3, -0.25) is 5.43 Å². The minimum atomic E-state index is 0.435. The number of rotatable bonds is 4. The average molecular weight is 169 g/mol. The Kier molecular flexibility index (Phi) is 3.38. The Balaban J connectivity index is 2.34. The van der Waals surface area contributed by atoms with E-state index in [1.807, 2.05) is 6.34 Å². The molecule has 0 spiro atoms. The molecule has 0 aliphatic carbocycles. The largest absolute Gasteiger partial charge is 0.340 e. The normalized spacial score (nSPS) is 22.0. The Hall–Kier alpha value is -0.730. The molecule has 3 nitrogen and oxygen atoms in total. The van der Waals surface area contributed by atoms with Gasteiger partial charge in [-0.2, -0.15) is 5.10 Å². The highest BCUT2D eigenvalue weighted by molar-refractivity contribution is 5.56. The molecule has 0 aromatic carbocycles. The Bertz CT molecular complexity index is 154. The van der Waals surface area contributed by atoms with Crippen molar-refractivity contribution in [2.24, 2.45) is 11.0 Å². The second kappa shape index (κ2) is 4.33. The minimum absolute atomic E-state index is 0.435. The zero-order valence-electron chi connectivity index (χ0n) is 8.25. The molecule has 0 radical (unpaired) electrons. The third-order valence-electron chi connectivity index (χ3n) is 2.01. The monoisotopic (exact) mass is 169 g/mol. The van der Waals surface area contributed by atoms with E-state index in [0.717, 1.165) is 12.5 Å². The molecule has 1 unspecified atom stereocenters. The lowest BCUT2D eigenvalue weighted by molar-refractivity contribution is 0.264. The summed E-state index contributed by atoms with van der Waals surface area (Å²) in [5.41, 5.74) is 3.12. The van der Waals surface area contributed by atoms with Crippen molar-refractivity contribution in [3.05, 3.63) is 0 Å². The van der Waals surface area contributed by atoms with Gasteiger partial charge in [0.05, 0.1) is 0 Å². The topological polar surface area (TPSA) is 27.6 Å². The van der Waals surface area contributed by atoms with Gasteiger partial charge < -0.3 is 4.90 Å². The first-order valence-corrected chi connectivity index (χ1v) is 4.78. The third kappa shape index (κ3) is 2.40. The lowest BCUT2D eigenvalue weighted by Gasteiger charge is -2.24. The quantitative estimate of drug-likeness (QED) is 0.692. The van der Waals surface area contributed by atoms with Gasteiger partial charge in [0.1, 0.15) is 12.5 Å². The number of hydrogen-bond acceptors (Lipinski definition) is 3. The fourth-order valence-electron chi connectivity index (χ4n) is 1.45. The molecular formula is C9H19N3. The zero-order chi connectivity index (χ0) is 8.97. The van der Waals surface area contributed by atoms with Crippen LogP contribution < -0.4 is 5.43 Å². The maximum Gasteiger partial charge on any atom is 0.116 e. The van der Waals surface area contributed by atoms with Crippen LogP contribution in [0.5, 0.6) is 0 Å². The van der Waals surface area contributed by atoms with Crippen LogP contribution in [-0.2, 0) is 0 Å². The van der Waals surface area contributed by atoms with Gasteiger partial charge in [0.2, 0.25) is 0 Å². The summed E-state index contributed by atoms with van der Waals surface area (Å²) in [5, 5.41) is 4.07. The summed E-state index contributed by atoms with van der Waals surface area (Å²) in [7, 11) is 0. The van der Waals surface area contributed by atoms with Crippen LogP contribution in [0.1, 0.15) is 33.6 Å². The van der Waals surface area contributed by atoms with Gasteiger partial charge in [0.15, 0.2) is 0 Å². The molecule has 1 N–H and O–H groups in total. The van der Waals surface area contributed by atoms with Crippen LogP contribution in [0.15, 0.2) is 5.10 Å². The molecule has 1 rings (SSSR count). The molecule has 0 bridgehead atoms. The van der Waals surface area contributed by atoms with Crippen molar-refractivity contribution >= 4 is 6.34 Å². The summed E-state index contributed by atoms with van der Waals surface area (Å²) < 4.78 is 0. The molecule has 0 fully saturated rings. The molecule has 0 aromatic heterocycles. The van der Waals surface area contributed by atoms with Crippen LogP contribution in [0, 0.1) is 5.92 Å². The molecular weight excluding hydrogens is 150 g/mol. The van der Waals surface area contributed by atoms with E-state index in [4.69, 9.17) is 0 Å². The van der Waals surface area contributed by atoms with E-state index in [-0.39, 0.29) is 0 Å². The Labute approximate surface area is 74.8 Å². The van der Waals surface area contributed by atoms with E-state index < -0.39 is 0 Å². The van der Waals surface area contributed by atoms with Crippen LogP contribution in [-0.4, -0.2) is 23.9 Å². The summed E-state index contributed by atoms with van der Waals surface area (Å²) in [6.45, 7) is 7.78. The van der Waals surface area contributed by atoms with Gasteiger partial charge >= 0.3 is 0 Å². The molecule has 1 atom stereocenters. The molecule has 70 valence electrons. The lowest BCUT2D eigenvalue weighted by Crippen LogP contribution is -2.38. The Morgan fingerprint density at radius 2 is 2.33 bits per heavy atom. The highest BCUT2D eigenvalue weighted by atomic mass is 15.5. The first kappa shape index (κ1) is 9.36. The van der Waals surface area contributed by atoms with Crippen molar-refractivity contribution in [2.45, 2.75) is 39.8 Å².